The minimum Gasteiger partial charge on any atom is -0.342 e. The maximum absolute atomic E-state index is 12.5. The molecule has 0 radical (unpaired) electrons. The van der Waals surface area contributed by atoms with Gasteiger partial charge in [0.25, 0.3) is 5.69 Å². The van der Waals surface area contributed by atoms with Crippen LogP contribution >= 0.6 is 0 Å². The Morgan fingerprint density at radius 2 is 1.79 bits per heavy atom. The van der Waals surface area contributed by atoms with Crippen molar-refractivity contribution in [3.63, 3.8) is 0 Å². The number of hydrogen-bond acceptors (Lipinski definition) is 5. The molecule has 1 heterocycles. The summed E-state index contributed by atoms with van der Waals surface area (Å²) in [4.78, 5) is 23.8. The van der Waals surface area contributed by atoms with Crippen LogP contribution in [0, 0.1) is 16.0 Å². The van der Waals surface area contributed by atoms with Crippen LogP contribution in [0.3, 0.4) is 0 Å². The van der Waals surface area contributed by atoms with Gasteiger partial charge >= 0.3 is 0 Å². The highest BCUT2D eigenvalue weighted by atomic mass is 32.2. The molecule has 1 aromatic rings. The van der Waals surface area contributed by atoms with Gasteiger partial charge in [-0.2, -0.15) is 0 Å². The van der Waals surface area contributed by atoms with E-state index in [0.29, 0.717) is 25.9 Å². The van der Waals surface area contributed by atoms with Crippen molar-refractivity contribution in [3.05, 3.63) is 34.4 Å². The molecule has 0 aromatic heterocycles. The molecule has 2 fully saturated rings. The third-order valence-corrected chi connectivity index (χ3v) is 5.97. The Labute approximate surface area is 140 Å². The standard InChI is InChI=1S/C15H19N3O5S/c19-15(11-5-6-11)17-9-7-12(8-10-17)16-24(22,23)14-4-2-1-3-13(14)18(20)21/h1-4,11-12,16H,5-10H2. The second-order valence-corrected chi connectivity index (χ2v) is 7.90. The summed E-state index contributed by atoms with van der Waals surface area (Å²) in [6.45, 7) is 1.03. The van der Waals surface area contributed by atoms with Gasteiger partial charge in [0.15, 0.2) is 4.90 Å². The Bertz CT molecular complexity index is 752. The maximum atomic E-state index is 12.5. The number of carbonyl (C=O) groups is 1. The molecule has 24 heavy (non-hydrogen) atoms. The number of para-hydroxylation sites is 1. The molecule has 1 N–H and O–H groups in total. The monoisotopic (exact) mass is 353 g/mol. The highest BCUT2D eigenvalue weighted by Gasteiger charge is 2.36. The van der Waals surface area contributed by atoms with Crippen molar-refractivity contribution in [2.45, 2.75) is 36.6 Å². The zero-order valence-electron chi connectivity index (χ0n) is 13.1. The Morgan fingerprint density at radius 3 is 2.38 bits per heavy atom. The first kappa shape index (κ1) is 16.8. The van der Waals surface area contributed by atoms with Crippen molar-refractivity contribution in [2.75, 3.05) is 13.1 Å². The first-order valence-electron chi connectivity index (χ1n) is 7.93. The number of nitrogens with one attached hydrogen (secondary N) is 1. The van der Waals surface area contributed by atoms with E-state index in [1.165, 1.54) is 24.3 Å². The summed E-state index contributed by atoms with van der Waals surface area (Å²) in [5.41, 5.74) is -0.439. The SMILES string of the molecule is O=C(C1CC1)N1CCC(NS(=O)(=O)c2ccccc2[N+](=O)[O-])CC1. The number of benzene rings is 1. The molecule has 9 heteroatoms. The van der Waals surface area contributed by atoms with Gasteiger partial charge < -0.3 is 4.90 Å². The molecule has 8 nitrogen and oxygen atoms in total. The molecule has 130 valence electrons. The van der Waals surface area contributed by atoms with Crippen LogP contribution in [-0.2, 0) is 14.8 Å². The molecule has 1 aromatic carbocycles. The van der Waals surface area contributed by atoms with E-state index in [2.05, 4.69) is 4.72 Å². The van der Waals surface area contributed by atoms with Crippen LogP contribution in [0.25, 0.3) is 0 Å². The summed E-state index contributed by atoms with van der Waals surface area (Å²) in [6, 6.07) is 4.97. The smallest absolute Gasteiger partial charge is 0.289 e. The molecule has 1 aliphatic carbocycles. The summed E-state index contributed by atoms with van der Waals surface area (Å²) in [5, 5.41) is 11.0. The third kappa shape index (κ3) is 3.57. The molecular weight excluding hydrogens is 334 g/mol. The maximum Gasteiger partial charge on any atom is 0.289 e. The molecule has 1 amide bonds. The van der Waals surface area contributed by atoms with Crippen LogP contribution in [0.15, 0.2) is 29.2 Å². The first-order valence-corrected chi connectivity index (χ1v) is 9.41. The van der Waals surface area contributed by atoms with E-state index in [1.54, 1.807) is 4.90 Å². The molecule has 3 rings (SSSR count). The van der Waals surface area contributed by atoms with Gasteiger partial charge in [-0.15, -0.1) is 0 Å². The Kier molecular flexibility index (Phi) is 4.55. The Hall–Kier alpha value is -2.00. The van der Waals surface area contributed by atoms with Crippen molar-refractivity contribution in [2.24, 2.45) is 5.92 Å². The van der Waals surface area contributed by atoms with Crippen molar-refractivity contribution in [1.82, 2.24) is 9.62 Å². The van der Waals surface area contributed by atoms with Crippen molar-refractivity contribution < 1.29 is 18.1 Å². The number of carbonyl (C=O) groups excluding carboxylic acids is 1. The molecule has 0 unspecified atom stereocenters. The fourth-order valence-corrected chi connectivity index (χ4v) is 4.40. The van der Waals surface area contributed by atoms with Gasteiger partial charge in [0.05, 0.1) is 4.92 Å². The number of sulfonamides is 1. The van der Waals surface area contributed by atoms with E-state index in [-0.39, 0.29) is 22.8 Å². The number of nitro benzene ring substituents is 1. The molecule has 1 aliphatic heterocycles. The second-order valence-electron chi connectivity index (χ2n) is 6.22. The van der Waals surface area contributed by atoms with Crippen LogP contribution in [0.4, 0.5) is 5.69 Å². The Balaban J connectivity index is 1.66. The normalized spacial score (nSPS) is 19.2. The lowest BCUT2D eigenvalue weighted by atomic mass is 10.1. The zero-order chi connectivity index (χ0) is 17.3. The molecule has 1 saturated heterocycles. The average molecular weight is 353 g/mol. The predicted octanol–water partition coefficient (Wildman–Crippen LogP) is 1.27. The summed E-state index contributed by atoms with van der Waals surface area (Å²) in [7, 11) is -3.97. The second kappa shape index (κ2) is 6.48. The Morgan fingerprint density at radius 1 is 1.17 bits per heavy atom. The van der Waals surface area contributed by atoms with Gasteiger partial charge in [-0.25, -0.2) is 13.1 Å². The lowest BCUT2D eigenvalue weighted by Gasteiger charge is -2.32. The number of likely N-dealkylation sites (tertiary alicyclic amines) is 1. The quantitative estimate of drug-likeness (QED) is 0.633. The molecule has 0 spiro atoms. The lowest BCUT2D eigenvalue weighted by molar-refractivity contribution is -0.387. The summed E-state index contributed by atoms with van der Waals surface area (Å²) in [6.07, 6.45) is 2.92. The zero-order valence-corrected chi connectivity index (χ0v) is 13.9. The predicted molar refractivity (Wildman–Crippen MR) is 85.7 cm³/mol. The largest absolute Gasteiger partial charge is 0.342 e. The van der Waals surface area contributed by atoms with Crippen molar-refractivity contribution in [3.8, 4) is 0 Å². The van der Waals surface area contributed by atoms with Gasteiger partial charge in [-0.3, -0.25) is 14.9 Å². The molecule has 1 saturated carbocycles. The van der Waals surface area contributed by atoms with Crippen LogP contribution in [0.2, 0.25) is 0 Å². The highest BCUT2D eigenvalue weighted by molar-refractivity contribution is 7.89. The van der Waals surface area contributed by atoms with Gasteiger partial charge in [0.1, 0.15) is 0 Å². The van der Waals surface area contributed by atoms with E-state index >= 15 is 0 Å². The highest BCUT2D eigenvalue weighted by Crippen LogP contribution is 2.32. The van der Waals surface area contributed by atoms with Crippen LogP contribution in [0.5, 0.6) is 0 Å². The lowest BCUT2D eigenvalue weighted by Crippen LogP contribution is -2.47. The topological polar surface area (TPSA) is 110 Å². The van der Waals surface area contributed by atoms with Gasteiger partial charge in [0.2, 0.25) is 15.9 Å². The first-order chi connectivity index (χ1) is 11.4. The van der Waals surface area contributed by atoms with Crippen LogP contribution < -0.4 is 4.72 Å². The van der Waals surface area contributed by atoms with Crippen LogP contribution in [0.1, 0.15) is 25.7 Å². The number of rotatable bonds is 5. The van der Waals surface area contributed by atoms with Gasteiger partial charge in [0, 0.05) is 31.1 Å². The average Bonchev–Trinajstić information content (AvgIpc) is 3.39. The summed E-state index contributed by atoms with van der Waals surface area (Å²) < 4.78 is 27.5. The third-order valence-electron chi connectivity index (χ3n) is 4.41. The van der Waals surface area contributed by atoms with Gasteiger partial charge in [-0.05, 0) is 31.7 Å². The molecular formula is C15H19N3O5S. The van der Waals surface area contributed by atoms with E-state index in [1.807, 2.05) is 0 Å². The summed E-state index contributed by atoms with van der Waals surface area (Å²) in [5.74, 6) is 0.320. The number of hydrogen-bond donors (Lipinski definition) is 1. The number of nitrogens with zero attached hydrogens (tertiary/aromatic N) is 2. The van der Waals surface area contributed by atoms with Crippen LogP contribution in [-0.4, -0.2) is 43.3 Å². The minimum atomic E-state index is -3.97. The molecule has 2 aliphatic rings. The van der Waals surface area contributed by atoms with Crippen molar-refractivity contribution in [1.29, 1.82) is 0 Å². The fourth-order valence-electron chi connectivity index (χ4n) is 2.92. The van der Waals surface area contributed by atoms with Crippen molar-refractivity contribution >= 4 is 21.6 Å². The molecule has 0 atom stereocenters. The van der Waals surface area contributed by atoms with E-state index < -0.39 is 20.6 Å². The molecule has 0 bridgehead atoms. The number of nitro groups is 1. The fraction of sp³-hybridized carbons (Fsp3) is 0.533. The summed E-state index contributed by atoms with van der Waals surface area (Å²) >= 11 is 0. The minimum absolute atomic E-state index is 0.158. The van der Waals surface area contributed by atoms with E-state index in [0.717, 1.165) is 12.8 Å². The van der Waals surface area contributed by atoms with E-state index in [9.17, 15) is 23.3 Å². The van der Waals surface area contributed by atoms with Gasteiger partial charge in [-0.1, -0.05) is 12.1 Å². The number of amides is 1. The number of piperidine rings is 1. The van der Waals surface area contributed by atoms with E-state index in [4.69, 9.17) is 0 Å².